The number of hydrogen-bond donors (Lipinski definition) is 1. The number of nitrogens with zero attached hydrogens (tertiary/aromatic N) is 2. The predicted octanol–water partition coefficient (Wildman–Crippen LogP) is 2.22. The lowest BCUT2D eigenvalue weighted by atomic mass is 9.99. The van der Waals surface area contributed by atoms with Crippen LogP contribution in [0.25, 0.3) is 10.7 Å². The van der Waals surface area contributed by atoms with Crippen LogP contribution in [0.1, 0.15) is 6.42 Å². The molecule has 0 spiro atoms. The van der Waals surface area contributed by atoms with Crippen LogP contribution < -0.4 is 5.32 Å². The molecule has 1 aliphatic heterocycles. The van der Waals surface area contributed by atoms with Crippen molar-refractivity contribution in [2.24, 2.45) is 5.92 Å². The average molecular weight is 233 g/mol. The first kappa shape index (κ1) is 10.1. The van der Waals surface area contributed by atoms with Gasteiger partial charge in [-0.2, -0.15) is 0 Å². The molecule has 0 unspecified atom stereocenters. The Hall–Kier alpha value is -1.13. The topological polar surface area (TPSA) is 29.9 Å². The Morgan fingerprint density at radius 2 is 2.44 bits per heavy atom. The summed E-state index contributed by atoms with van der Waals surface area (Å²) in [5.41, 5.74) is 0. The molecule has 0 aromatic carbocycles. The quantitative estimate of drug-likeness (QED) is 0.877. The zero-order valence-electron chi connectivity index (χ0n) is 9.10. The molecule has 3 nitrogen and oxygen atoms in total. The van der Waals surface area contributed by atoms with Crippen molar-refractivity contribution in [1.82, 2.24) is 14.9 Å². The Balaban J connectivity index is 1.72. The van der Waals surface area contributed by atoms with E-state index >= 15 is 0 Å². The van der Waals surface area contributed by atoms with Crippen LogP contribution in [0.2, 0.25) is 0 Å². The molecule has 1 aliphatic rings. The van der Waals surface area contributed by atoms with E-state index in [2.05, 4.69) is 38.6 Å². The average Bonchev–Trinajstić information content (AvgIpc) is 2.83. The molecule has 0 saturated carbocycles. The van der Waals surface area contributed by atoms with E-state index in [4.69, 9.17) is 0 Å². The van der Waals surface area contributed by atoms with Gasteiger partial charge in [0, 0.05) is 18.9 Å². The molecule has 1 fully saturated rings. The summed E-state index contributed by atoms with van der Waals surface area (Å²) in [5.74, 6) is 1.97. The van der Waals surface area contributed by atoms with Crippen molar-refractivity contribution in [1.29, 1.82) is 0 Å². The summed E-state index contributed by atoms with van der Waals surface area (Å²) in [5, 5.41) is 5.41. The monoisotopic (exact) mass is 233 g/mol. The van der Waals surface area contributed by atoms with Gasteiger partial charge in [-0.1, -0.05) is 6.07 Å². The van der Waals surface area contributed by atoms with Crippen molar-refractivity contribution in [2.45, 2.75) is 13.0 Å². The van der Waals surface area contributed by atoms with Crippen molar-refractivity contribution in [3.8, 4) is 10.7 Å². The minimum absolute atomic E-state index is 0.860. The first-order chi connectivity index (χ1) is 7.93. The molecule has 0 amide bonds. The maximum atomic E-state index is 4.44. The van der Waals surface area contributed by atoms with Gasteiger partial charge in [0.25, 0.3) is 0 Å². The minimum atomic E-state index is 0.860. The van der Waals surface area contributed by atoms with Crippen molar-refractivity contribution >= 4 is 11.3 Å². The number of aromatic nitrogens is 2. The molecule has 1 N–H and O–H groups in total. The summed E-state index contributed by atoms with van der Waals surface area (Å²) in [7, 11) is 0. The zero-order chi connectivity index (χ0) is 10.8. The van der Waals surface area contributed by atoms with Crippen molar-refractivity contribution < 1.29 is 0 Å². The highest BCUT2D eigenvalue weighted by Gasteiger charge is 2.16. The number of hydrogen-bond acceptors (Lipinski definition) is 3. The van der Waals surface area contributed by atoms with Crippen molar-refractivity contribution in [2.75, 3.05) is 13.1 Å². The summed E-state index contributed by atoms with van der Waals surface area (Å²) in [4.78, 5) is 5.70. The fourth-order valence-electron chi connectivity index (χ4n) is 1.99. The van der Waals surface area contributed by atoms with E-state index in [-0.39, 0.29) is 0 Å². The van der Waals surface area contributed by atoms with Gasteiger partial charge in [0.2, 0.25) is 0 Å². The highest BCUT2D eigenvalue weighted by Crippen LogP contribution is 2.23. The highest BCUT2D eigenvalue weighted by atomic mass is 32.1. The molecule has 84 valence electrons. The molecule has 1 saturated heterocycles. The first-order valence-corrected chi connectivity index (χ1v) is 6.57. The van der Waals surface area contributed by atoms with Gasteiger partial charge in [0.1, 0.15) is 5.82 Å². The molecule has 2 aromatic heterocycles. The molecule has 3 heterocycles. The molecule has 0 aliphatic carbocycles. The number of nitrogens with one attached hydrogen (secondary N) is 1. The Bertz CT molecular complexity index is 443. The van der Waals surface area contributed by atoms with Crippen LogP contribution in [0.4, 0.5) is 0 Å². The first-order valence-electron chi connectivity index (χ1n) is 5.69. The third kappa shape index (κ3) is 1.90. The van der Waals surface area contributed by atoms with E-state index in [0.717, 1.165) is 18.3 Å². The van der Waals surface area contributed by atoms with Crippen LogP contribution in [0.5, 0.6) is 0 Å². The third-order valence-corrected chi connectivity index (χ3v) is 3.97. The van der Waals surface area contributed by atoms with Crippen LogP contribution in [-0.2, 0) is 6.54 Å². The van der Waals surface area contributed by atoms with Crippen LogP contribution in [0, 0.1) is 5.92 Å². The Morgan fingerprint density at radius 1 is 1.50 bits per heavy atom. The summed E-state index contributed by atoms with van der Waals surface area (Å²) in [6.45, 7) is 3.45. The number of thiophene rings is 1. The number of rotatable bonds is 4. The van der Waals surface area contributed by atoms with E-state index in [1.165, 1.54) is 24.4 Å². The lowest BCUT2D eigenvalue weighted by molar-refractivity contribution is 0.312. The summed E-state index contributed by atoms with van der Waals surface area (Å²) < 4.78 is 2.27. The van der Waals surface area contributed by atoms with E-state index in [1.807, 2.05) is 6.20 Å². The van der Waals surface area contributed by atoms with E-state index < -0.39 is 0 Å². The largest absolute Gasteiger partial charge is 0.330 e. The van der Waals surface area contributed by atoms with E-state index in [0.29, 0.717) is 0 Å². The zero-order valence-corrected chi connectivity index (χ0v) is 9.91. The highest BCUT2D eigenvalue weighted by molar-refractivity contribution is 7.13. The van der Waals surface area contributed by atoms with Crippen molar-refractivity contribution in [3.63, 3.8) is 0 Å². The fourth-order valence-corrected chi connectivity index (χ4v) is 2.73. The summed E-state index contributed by atoms with van der Waals surface area (Å²) in [6, 6.07) is 4.21. The maximum Gasteiger partial charge on any atom is 0.149 e. The molecular formula is C12H15N3S. The predicted molar refractivity (Wildman–Crippen MR) is 66.5 cm³/mol. The molecular weight excluding hydrogens is 218 g/mol. The van der Waals surface area contributed by atoms with Crippen LogP contribution >= 0.6 is 11.3 Å². The van der Waals surface area contributed by atoms with Gasteiger partial charge in [0.05, 0.1) is 4.88 Å². The number of aryl methyl sites for hydroxylation is 1. The van der Waals surface area contributed by atoms with Gasteiger partial charge in [-0.05, 0) is 36.9 Å². The second-order valence-electron chi connectivity index (χ2n) is 4.23. The second-order valence-corrected chi connectivity index (χ2v) is 5.18. The Labute approximate surface area is 99.1 Å². The molecule has 0 bridgehead atoms. The van der Waals surface area contributed by atoms with Gasteiger partial charge in [-0.3, -0.25) is 0 Å². The summed E-state index contributed by atoms with van der Waals surface area (Å²) in [6.07, 6.45) is 5.23. The van der Waals surface area contributed by atoms with Gasteiger partial charge < -0.3 is 9.88 Å². The molecule has 0 atom stereocenters. The minimum Gasteiger partial charge on any atom is -0.330 e. The Kier molecular flexibility index (Phi) is 2.76. The van der Waals surface area contributed by atoms with Crippen molar-refractivity contribution in [3.05, 3.63) is 29.9 Å². The normalized spacial score (nSPS) is 16.2. The van der Waals surface area contributed by atoms with Gasteiger partial charge in [0.15, 0.2) is 0 Å². The third-order valence-electron chi connectivity index (χ3n) is 3.10. The van der Waals surface area contributed by atoms with Gasteiger partial charge in [-0.15, -0.1) is 11.3 Å². The van der Waals surface area contributed by atoms with Gasteiger partial charge in [-0.25, -0.2) is 4.98 Å². The lowest BCUT2D eigenvalue weighted by Crippen LogP contribution is -2.42. The second kappa shape index (κ2) is 4.39. The SMILES string of the molecule is c1csc(-c2nccn2CCC2CNC2)c1. The van der Waals surface area contributed by atoms with Crippen LogP contribution in [-0.4, -0.2) is 22.6 Å². The molecule has 4 heteroatoms. The fraction of sp³-hybridized carbons (Fsp3) is 0.417. The van der Waals surface area contributed by atoms with Crippen LogP contribution in [0.3, 0.4) is 0 Å². The van der Waals surface area contributed by atoms with E-state index in [9.17, 15) is 0 Å². The standard InChI is InChI=1S/C12H15N3S/c1-2-11(16-7-1)12-14-4-6-15(12)5-3-10-8-13-9-10/h1-2,4,6-7,10,13H,3,5,8-9H2. The number of imidazole rings is 1. The van der Waals surface area contributed by atoms with Gasteiger partial charge >= 0.3 is 0 Å². The summed E-state index contributed by atoms with van der Waals surface area (Å²) >= 11 is 1.75. The molecule has 3 rings (SSSR count). The smallest absolute Gasteiger partial charge is 0.149 e. The molecule has 2 aromatic rings. The van der Waals surface area contributed by atoms with E-state index in [1.54, 1.807) is 11.3 Å². The lowest BCUT2D eigenvalue weighted by Gasteiger charge is -2.27. The molecule has 16 heavy (non-hydrogen) atoms. The van der Waals surface area contributed by atoms with Crippen LogP contribution in [0.15, 0.2) is 29.9 Å². The maximum absolute atomic E-state index is 4.44. The Morgan fingerprint density at radius 3 is 3.12 bits per heavy atom. The molecule has 0 radical (unpaired) electrons.